The third-order valence-electron chi connectivity index (χ3n) is 3.09. The standard InChI is InChI=1S/C12H20O2/c1-11(2,3)10-6-4-7-12(14-10)8-5-9-13-12/h5,8,10H,4,6-7,9H2,1-3H3/t10-,12-/m1/s1. The van der Waals surface area contributed by atoms with Crippen LogP contribution in [0.4, 0.5) is 0 Å². The quantitative estimate of drug-likeness (QED) is 0.555. The second kappa shape index (κ2) is 3.35. The Morgan fingerprint density at radius 2 is 2.14 bits per heavy atom. The summed E-state index contributed by atoms with van der Waals surface area (Å²) in [7, 11) is 0. The van der Waals surface area contributed by atoms with E-state index in [1.165, 1.54) is 6.42 Å². The number of rotatable bonds is 0. The van der Waals surface area contributed by atoms with Gasteiger partial charge in [0.05, 0.1) is 12.7 Å². The maximum absolute atomic E-state index is 6.09. The van der Waals surface area contributed by atoms with Crippen LogP contribution in [0.3, 0.4) is 0 Å². The lowest BCUT2D eigenvalue weighted by Gasteiger charge is -2.42. The van der Waals surface area contributed by atoms with Crippen molar-refractivity contribution in [2.75, 3.05) is 6.61 Å². The molecule has 0 amide bonds. The summed E-state index contributed by atoms with van der Waals surface area (Å²) in [6.45, 7) is 7.40. The predicted octanol–water partition coefficient (Wildman–Crippen LogP) is 2.88. The van der Waals surface area contributed by atoms with E-state index >= 15 is 0 Å². The summed E-state index contributed by atoms with van der Waals surface area (Å²) in [5.41, 5.74) is 0.215. The minimum absolute atomic E-state index is 0.215. The van der Waals surface area contributed by atoms with Crippen molar-refractivity contribution in [3.8, 4) is 0 Å². The van der Waals surface area contributed by atoms with Crippen LogP contribution in [0.25, 0.3) is 0 Å². The highest BCUT2D eigenvalue weighted by molar-refractivity contribution is 5.04. The molecule has 2 aliphatic rings. The Hall–Kier alpha value is -0.340. The van der Waals surface area contributed by atoms with Crippen molar-refractivity contribution in [3.63, 3.8) is 0 Å². The minimum atomic E-state index is -0.379. The smallest absolute Gasteiger partial charge is 0.188 e. The third kappa shape index (κ3) is 1.86. The van der Waals surface area contributed by atoms with E-state index in [-0.39, 0.29) is 11.2 Å². The molecule has 80 valence electrons. The van der Waals surface area contributed by atoms with Gasteiger partial charge in [-0.05, 0) is 24.3 Å². The first-order chi connectivity index (χ1) is 6.52. The van der Waals surface area contributed by atoms with E-state index in [0.29, 0.717) is 12.7 Å². The fourth-order valence-corrected chi connectivity index (χ4v) is 2.20. The Bertz CT molecular complexity index is 239. The highest BCUT2D eigenvalue weighted by Gasteiger charge is 2.41. The molecule has 2 aliphatic heterocycles. The van der Waals surface area contributed by atoms with Crippen molar-refractivity contribution in [2.45, 2.75) is 51.9 Å². The summed E-state index contributed by atoms with van der Waals surface area (Å²) >= 11 is 0. The highest BCUT2D eigenvalue weighted by Crippen LogP contribution is 2.39. The summed E-state index contributed by atoms with van der Waals surface area (Å²) in [5.74, 6) is -0.379. The Balaban J connectivity index is 2.07. The van der Waals surface area contributed by atoms with Crippen molar-refractivity contribution < 1.29 is 9.47 Å². The zero-order valence-electron chi connectivity index (χ0n) is 9.38. The van der Waals surface area contributed by atoms with Crippen LogP contribution < -0.4 is 0 Å². The van der Waals surface area contributed by atoms with Crippen LogP contribution in [0.15, 0.2) is 12.2 Å². The molecule has 0 unspecified atom stereocenters. The van der Waals surface area contributed by atoms with Gasteiger partial charge >= 0.3 is 0 Å². The largest absolute Gasteiger partial charge is 0.343 e. The normalized spacial score (nSPS) is 38.1. The van der Waals surface area contributed by atoms with Crippen LogP contribution in [0, 0.1) is 5.41 Å². The SMILES string of the molecule is CC(C)(C)[C@H]1CCC[C@]2(C=CCO2)O1. The van der Waals surface area contributed by atoms with Crippen LogP contribution in [0.5, 0.6) is 0 Å². The van der Waals surface area contributed by atoms with E-state index in [0.717, 1.165) is 12.8 Å². The summed E-state index contributed by atoms with van der Waals surface area (Å²) in [6, 6.07) is 0. The van der Waals surface area contributed by atoms with Crippen molar-refractivity contribution in [1.82, 2.24) is 0 Å². The van der Waals surface area contributed by atoms with Crippen molar-refractivity contribution in [1.29, 1.82) is 0 Å². The topological polar surface area (TPSA) is 18.5 Å². The predicted molar refractivity (Wildman–Crippen MR) is 56.0 cm³/mol. The molecular weight excluding hydrogens is 176 g/mol. The van der Waals surface area contributed by atoms with Crippen LogP contribution in [0.2, 0.25) is 0 Å². The van der Waals surface area contributed by atoms with Gasteiger partial charge in [0.25, 0.3) is 0 Å². The van der Waals surface area contributed by atoms with Crippen LogP contribution in [-0.4, -0.2) is 18.5 Å². The monoisotopic (exact) mass is 196 g/mol. The summed E-state index contributed by atoms with van der Waals surface area (Å²) in [4.78, 5) is 0. The molecule has 2 atom stereocenters. The van der Waals surface area contributed by atoms with Crippen molar-refractivity contribution in [3.05, 3.63) is 12.2 Å². The van der Waals surface area contributed by atoms with E-state index < -0.39 is 0 Å². The molecule has 1 saturated heterocycles. The first-order valence-electron chi connectivity index (χ1n) is 5.51. The highest BCUT2D eigenvalue weighted by atomic mass is 16.7. The molecule has 0 N–H and O–H groups in total. The summed E-state index contributed by atoms with van der Waals surface area (Å²) in [5, 5.41) is 0. The lowest BCUT2D eigenvalue weighted by atomic mass is 9.83. The molecule has 1 fully saturated rings. The van der Waals surface area contributed by atoms with Gasteiger partial charge in [-0.15, -0.1) is 0 Å². The second-order valence-corrected chi connectivity index (χ2v) is 5.39. The lowest BCUT2D eigenvalue weighted by Crippen LogP contribution is -2.44. The zero-order chi connectivity index (χ0) is 10.2. The molecule has 0 radical (unpaired) electrons. The number of ether oxygens (including phenoxy) is 2. The van der Waals surface area contributed by atoms with Gasteiger partial charge in [-0.2, -0.15) is 0 Å². The molecule has 0 saturated carbocycles. The van der Waals surface area contributed by atoms with E-state index in [1.54, 1.807) is 0 Å². The maximum Gasteiger partial charge on any atom is 0.188 e. The molecule has 0 aromatic rings. The molecule has 2 nitrogen and oxygen atoms in total. The molecule has 2 heteroatoms. The molecule has 0 aliphatic carbocycles. The fourth-order valence-electron chi connectivity index (χ4n) is 2.20. The Labute approximate surface area is 86.3 Å². The minimum Gasteiger partial charge on any atom is -0.343 e. The summed E-state index contributed by atoms with van der Waals surface area (Å²) in [6.07, 6.45) is 7.83. The Kier molecular flexibility index (Phi) is 2.44. The van der Waals surface area contributed by atoms with Crippen molar-refractivity contribution >= 4 is 0 Å². The van der Waals surface area contributed by atoms with E-state index in [2.05, 4.69) is 32.9 Å². The Morgan fingerprint density at radius 3 is 2.71 bits per heavy atom. The van der Waals surface area contributed by atoms with Gasteiger partial charge in [0.1, 0.15) is 0 Å². The first-order valence-corrected chi connectivity index (χ1v) is 5.51. The molecule has 2 rings (SSSR count). The number of hydrogen-bond donors (Lipinski definition) is 0. The first kappa shape index (κ1) is 10.2. The average Bonchev–Trinajstić information content (AvgIpc) is 2.52. The van der Waals surface area contributed by atoms with Crippen molar-refractivity contribution in [2.24, 2.45) is 5.41 Å². The van der Waals surface area contributed by atoms with Gasteiger partial charge in [0, 0.05) is 6.42 Å². The van der Waals surface area contributed by atoms with E-state index in [4.69, 9.17) is 9.47 Å². The Morgan fingerprint density at radius 1 is 1.36 bits per heavy atom. The molecule has 0 aromatic heterocycles. The maximum atomic E-state index is 6.09. The van der Waals surface area contributed by atoms with Gasteiger partial charge < -0.3 is 9.47 Å². The van der Waals surface area contributed by atoms with E-state index in [9.17, 15) is 0 Å². The molecule has 1 spiro atoms. The van der Waals surface area contributed by atoms with Crippen LogP contribution >= 0.6 is 0 Å². The second-order valence-electron chi connectivity index (χ2n) is 5.39. The van der Waals surface area contributed by atoms with Gasteiger partial charge in [0.2, 0.25) is 0 Å². The number of hydrogen-bond acceptors (Lipinski definition) is 2. The van der Waals surface area contributed by atoms with Crippen LogP contribution in [-0.2, 0) is 9.47 Å². The average molecular weight is 196 g/mol. The van der Waals surface area contributed by atoms with E-state index in [1.807, 2.05) is 0 Å². The molecule has 0 bridgehead atoms. The van der Waals surface area contributed by atoms with Crippen LogP contribution in [0.1, 0.15) is 40.0 Å². The molecule has 14 heavy (non-hydrogen) atoms. The fraction of sp³-hybridized carbons (Fsp3) is 0.833. The third-order valence-corrected chi connectivity index (χ3v) is 3.09. The van der Waals surface area contributed by atoms with Gasteiger partial charge in [-0.1, -0.05) is 26.8 Å². The molecular formula is C12H20O2. The van der Waals surface area contributed by atoms with Gasteiger partial charge in [-0.3, -0.25) is 0 Å². The van der Waals surface area contributed by atoms with Gasteiger partial charge in [-0.25, -0.2) is 0 Å². The van der Waals surface area contributed by atoms with Gasteiger partial charge in [0.15, 0.2) is 5.79 Å². The summed E-state index contributed by atoms with van der Waals surface area (Å²) < 4.78 is 11.8. The molecule has 0 aromatic carbocycles. The zero-order valence-corrected chi connectivity index (χ0v) is 9.38. The lowest BCUT2D eigenvalue weighted by molar-refractivity contribution is -0.255. The molecule has 2 heterocycles.